The summed E-state index contributed by atoms with van der Waals surface area (Å²) in [5, 5.41) is 9.98. The molecule has 3 rings (SSSR count). The molecule has 0 bridgehead atoms. The van der Waals surface area contributed by atoms with Gasteiger partial charge in [0.15, 0.2) is 0 Å². The van der Waals surface area contributed by atoms with Gasteiger partial charge in [-0.3, -0.25) is 14.5 Å². The van der Waals surface area contributed by atoms with E-state index in [4.69, 9.17) is 16.3 Å². The molecule has 0 spiro atoms. The van der Waals surface area contributed by atoms with Crippen molar-refractivity contribution in [3.63, 3.8) is 0 Å². The first-order valence-corrected chi connectivity index (χ1v) is 9.99. The molecule has 0 aromatic heterocycles. The highest BCUT2D eigenvalue weighted by molar-refractivity contribution is 6.31. The van der Waals surface area contributed by atoms with Crippen molar-refractivity contribution in [3.8, 4) is 11.8 Å². The number of nitriles is 1. The monoisotopic (exact) mass is 420 g/mol. The van der Waals surface area contributed by atoms with Gasteiger partial charge in [-0.2, -0.15) is 5.26 Å². The number of imide groups is 1. The Morgan fingerprint density at radius 2 is 1.80 bits per heavy atom. The largest absolute Gasteiger partial charge is 0.494 e. The summed E-state index contributed by atoms with van der Waals surface area (Å²) in [7, 11) is 0. The second kappa shape index (κ2) is 9.43. The Morgan fingerprint density at radius 3 is 2.43 bits per heavy atom. The molecule has 0 aliphatic carbocycles. The Balaban J connectivity index is 1.97. The van der Waals surface area contributed by atoms with Gasteiger partial charge in [0.05, 0.1) is 13.2 Å². The van der Waals surface area contributed by atoms with Crippen molar-refractivity contribution in [2.45, 2.75) is 26.8 Å². The predicted octanol–water partition coefficient (Wildman–Crippen LogP) is 4.92. The van der Waals surface area contributed by atoms with Crippen molar-refractivity contribution in [3.05, 3.63) is 81.4 Å². The maximum Gasteiger partial charge on any atom is 0.271 e. The molecule has 5 nitrogen and oxygen atoms in total. The van der Waals surface area contributed by atoms with Crippen molar-refractivity contribution in [2.24, 2.45) is 0 Å². The second-order valence-corrected chi connectivity index (χ2v) is 7.28. The van der Waals surface area contributed by atoms with E-state index in [1.165, 1.54) is 0 Å². The lowest BCUT2D eigenvalue weighted by molar-refractivity contribution is -0.141. The number of hydrogen-bond acceptors (Lipinski definition) is 4. The summed E-state index contributed by atoms with van der Waals surface area (Å²) in [4.78, 5) is 27.0. The van der Waals surface area contributed by atoms with E-state index in [2.05, 4.69) is 0 Å². The summed E-state index contributed by atoms with van der Waals surface area (Å²) in [5.74, 6) is -0.322. The van der Waals surface area contributed by atoms with Crippen LogP contribution in [0.15, 0.2) is 65.3 Å². The molecule has 0 fully saturated rings. The minimum atomic E-state index is -0.611. The third-order valence-electron chi connectivity index (χ3n) is 4.78. The van der Waals surface area contributed by atoms with E-state index in [1.807, 2.05) is 37.3 Å². The number of carbonyl (C=O) groups excluding carboxylic acids is 2. The summed E-state index contributed by atoms with van der Waals surface area (Å²) >= 11 is 6.20. The van der Waals surface area contributed by atoms with E-state index in [0.29, 0.717) is 28.3 Å². The average molecular weight is 421 g/mol. The van der Waals surface area contributed by atoms with Crippen LogP contribution in [-0.2, 0) is 16.1 Å². The molecular formula is C24H21ClN2O3. The minimum absolute atomic E-state index is 0.00304. The molecule has 0 saturated carbocycles. The smallest absolute Gasteiger partial charge is 0.271 e. The zero-order chi connectivity index (χ0) is 21.7. The van der Waals surface area contributed by atoms with Gasteiger partial charge in [-0.15, -0.1) is 0 Å². The van der Waals surface area contributed by atoms with Crippen LogP contribution in [0.4, 0.5) is 0 Å². The number of ether oxygens (including phenoxy) is 1. The molecule has 0 unspecified atom stereocenters. The standard InChI is InChI=1S/C24H21ClN2O3/c1-3-12-30-19-10-8-17(9-11-19)13-20-16(2)21(14-26)24(29)27(23(20)28)15-18-6-4-5-7-22(18)25/h4-11,13H,3,12,15H2,1-2H3/b20-13+. The van der Waals surface area contributed by atoms with Crippen molar-refractivity contribution in [1.82, 2.24) is 4.90 Å². The van der Waals surface area contributed by atoms with Crippen LogP contribution in [0.25, 0.3) is 6.08 Å². The van der Waals surface area contributed by atoms with Crippen LogP contribution in [-0.4, -0.2) is 23.3 Å². The molecule has 0 radical (unpaired) electrons. The van der Waals surface area contributed by atoms with Crippen molar-refractivity contribution >= 4 is 29.5 Å². The highest BCUT2D eigenvalue weighted by Gasteiger charge is 2.35. The van der Waals surface area contributed by atoms with E-state index in [-0.39, 0.29) is 12.1 Å². The van der Waals surface area contributed by atoms with Crippen molar-refractivity contribution < 1.29 is 14.3 Å². The molecule has 2 aromatic carbocycles. The second-order valence-electron chi connectivity index (χ2n) is 6.88. The van der Waals surface area contributed by atoms with Gasteiger partial charge in [0, 0.05) is 10.6 Å². The summed E-state index contributed by atoms with van der Waals surface area (Å²) in [6, 6.07) is 16.3. The highest BCUT2D eigenvalue weighted by Crippen LogP contribution is 2.29. The van der Waals surface area contributed by atoms with Gasteiger partial charge >= 0.3 is 0 Å². The molecule has 152 valence electrons. The first kappa shape index (κ1) is 21.4. The Morgan fingerprint density at radius 1 is 1.10 bits per heavy atom. The third kappa shape index (κ3) is 4.45. The van der Waals surface area contributed by atoms with E-state index in [0.717, 1.165) is 22.6 Å². The molecule has 6 heteroatoms. The molecule has 0 saturated heterocycles. The maximum absolute atomic E-state index is 13.2. The van der Waals surface area contributed by atoms with Gasteiger partial charge in [-0.25, -0.2) is 0 Å². The highest BCUT2D eigenvalue weighted by atomic mass is 35.5. The van der Waals surface area contributed by atoms with Crippen molar-refractivity contribution in [2.75, 3.05) is 6.61 Å². The molecule has 1 aliphatic rings. The molecule has 30 heavy (non-hydrogen) atoms. The van der Waals surface area contributed by atoms with Crippen LogP contribution < -0.4 is 4.74 Å². The lowest BCUT2D eigenvalue weighted by Gasteiger charge is -2.27. The lowest BCUT2D eigenvalue weighted by Crippen LogP contribution is -2.42. The number of rotatable bonds is 6. The number of amides is 2. The molecule has 0 atom stereocenters. The summed E-state index contributed by atoms with van der Waals surface area (Å²) < 4.78 is 5.58. The van der Waals surface area contributed by atoms with E-state index in [9.17, 15) is 14.9 Å². The van der Waals surface area contributed by atoms with Gasteiger partial charge in [0.2, 0.25) is 0 Å². The molecule has 0 N–H and O–H groups in total. The number of halogens is 1. The summed E-state index contributed by atoms with van der Waals surface area (Å²) in [5.41, 5.74) is 2.03. The number of hydrogen-bond donors (Lipinski definition) is 0. The Labute approximate surface area is 180 Å². The zero-order valence-corrected chi connectivity index (χ0v) is 17.6. The van der Waals surface area contributed by atoms with Crippen LogP contribution in [0.5, 0.6) is 5.75 Å². The van der Waals surface area contributed by atoms with Gasteiger partial charge in [0.25, 0.3) is 11.8 Å². The SMILES string of the molecule is CCCOc1ccc(/C=C2/C(=O)N(Cc3ccccc3Cl)C(=O)C(C#N)=C2C)cc1. The zero-order valence-electron chi connectivity index (χ0n) is 16.8. The van der Waals surface area contributed by atoms with Crippen LogP contribution in [0.3, 0.4) is 0 Å². The maximum atomic E-state index is 13.2. The fourth-order valence-corrected chi connectivity index (χ4v) is 3.31. The van der Waals surface area contributed by atoms with Crippen LogP contribution >= 0.6 is 11.6 Å². The lowest BCUT2D eigenvalue weighted by atomic mass is 9.93. The molecular weight excluding hydrogens is 400 g/mol. The Bertz CT molecular complexity index is 1080. The normalized spacial score (nSPS) is 15.5. The van der Waals surface area contributed by atoms with Gasteiger partial charge < -0.3 is 4.74 Å². The van der Waals surface area contributed by atoms with Crippen LogP contribution in [0.2, 0.25) is 5.02 Å². The quantitative estimate of drug-likeness (QED) is 0.491. The fourth-order valence-electron chi connectivity index (χ4n) is 3.12. The topological polar surface area (TPSA) is 70.4 Å². The first-order chi connectivity index (χ1) is 14.5. The Kier molecular flexibility index (Phi) is 6.71. The molecule has 1 heterocycles. The predicted molar refractivity (Wildman–Crippen MR) is 116 cm³/mol. The fraction of sp³-hybridized carbons (Fsp3) is 0.208. The Hall–Kier alpha value is -3.36. The van der Waals surface area contributed by atoms with Gasteiger partial charge in [-0.05, 0) is 54.3 Å². The third-order valence-corrected chi connectivity index (χ3v) is 5.14. The summed E-state index contributed by atoms with van der Waals surface area (Å²) in [6.07, 6.45) is 2.60. The van der Waals surface area contributed by atoms with E-state index < -0.39 is 11.8 Å². The van der Waals surface area contributed by atoms with E-state index >= 15 is 0 Å². The van der Waals surface area contributed by atoms with Crippen LogP contribution in [0.1, 0.15) is 31.4 Å². The molecule has 2 aromatic rings. The van der Waals surface area contributed by atoms with Crippen molar-refractivity contribution in [1.29, 1.82) is 5.26 Å². The van der Waals surface area contributed by atoms with Gasteiger partial charge in [-0.1, -0.05) is 48.9 Å². The van der Waals surface area contributed by atoms with E-state index in [1.54, 1.807) is 37.3 Å². The number of nitrogens with zero attached hydrogens (tertiary/aromatic N) is 2. The molecule has 1 aliphatic heterocycles. The minimum Gasteiger partial charge on any atom is -0.494 e. The number of carbonyl (C=O) groups is 2. The molecule has 2 amide bonds. The average Bonchev–Trinajstić information content (AvgIpc) is 2.75. The van der Waals surface area contributed by atoms with Gasteiger partial charge in [0.1, 0.15) is 17.4 Å². The summed E-state index contributed by atoms with van der Waals surface area (Å²) in [6.45, 7) is 4.28. The van der Waals surface area contributed by atoms with Crippen LogP contribution in [0, 0.1) is 11.3 Å². The number of benzene rings is 2. The first-order valence-electron chi connectivity index (χ1n) is 9.61.